The van der Waals surface area contributed by atoms with Gasteiger partial charge in [-0.3, -0.25) is 4.79 Å². The van der Waals surface area contributed by atoms with Crippen LogP contribution in [0.15, 0.2) is 24.3 Å². The van der Waals surface area contributed by atoms with Crippen LogP contribution in [0.3, 0.4) is 0 Å². The number of nitrogens with one attached hydrogen (secondary N) is 1. The van der Waals surface area contributed by atoms with E-state index in [0.29, 0.717) is 13.1 Å². The molecule has 94 valence electrons. The molecule has 0 amide bonds. The number of rotatable bonds is 6. The molecule has 1 rings (SSSR count). The molecule has 1 aromatic carbocycles. The Balaban J connectivity index is 2.43. The summed E-state index contributed by atoms with van der Waals surface area (Å²) in [6, 6.07) is 7.80. The SMILES string of the molecule is COC(=O)[C@@H](C)CNCc1ccccc1OC. The van der Waals surface area contributed by atoms with E-state index in [1.54, 1.807) is 7.11 Å². The van der Waals surface area contributed by atoms with Gasteiger partial charge in [0.25, 0.3) is 0 Å². The van der Waals surface area contributed by atoms with Crippen LogP contribution in [0.2, 0.25) is 0 Å². The average Bonchev–Trinajstić information content (AvgIpc) is 2.38. The van der Waals surface area contributed by atoms with Gasteiger partial charge in [-0.25, -0.2) is 0 Å². The number of hydrogen-bond acceptors (Lipinski definition) is 4. The largest absolute Gasteiger partial charge is 0.496 e. The van der Waals surface area contributed by atoms with E-state index in [0.717, 1.165) is 11.3 Å². The van der Waals surface area contributed by atoms with E-state index < -0.39 is 0 Å². The van der Waals surface area contributed by atoms with Gasteiger partial charge < -0.3 is 14.8 Å². The summed E-state index contributed by atoms with van der Waals surface area (Å²) in [6.07, 6.45) is 0. The predicted molar refractivity (Wildman–Crippen MR) is 65.9 cm³/mol. The second-order valence-corrected chi connectivity index (χ2v) is 3.87. The average molecular weight is 237 g/mol. The minimum Gasteiger partial charge on any atom is -0.496 e. The number of methoxy groups -OCH3 is 2. The molecule has 1 aromatic rings. The molecule has 4 nitrogen and oxygen atoms in total. The molecule has 0 saturated heterocycles. The topological polar surface area (TPSA) is 47.6 Å². The van der Waals surface area contributed by atoms with Crippen LogP contribution >= 0.6 is 0 Å². The van der Waals surface area contributed by atoms with E-state index in [2.05, 4.69) is 10.1 Å². The number of esters is 1. The Bertz CT molecular complexity index is 365. The molecule has 0 aliphatic carbocycles. The molecule has 0 aromatic heterocycles. The molecule has 0 unspecified atom stereocenters. The smallest absolute Gasteiger partial charge is 0.309 e. The van der Waals surface area contributed by atoms with Crippen molar-refractivity contribution < 1.29 is 14.3 Å². The van der Waals surface area contributed by atoms with Crippen molar-refractivity contribution in [2.75, 3.05) is 20.8 Å². The van der Waals surface area contributed by atoms with Crippen LogP contribution in [0.5, 0.6) is 5.75 Å². The third-order valence-corrected chi connectivity index (χ3v) is 2.56. The van der Waals surface area contributed by atoms with Crippen molar-refractivity contribution in [3.63, 3.8) is 0 Å². The Labute approximate surface area is 102 Å². The Morgan fingerprint density at radius 3 is 2.71 bits per heavy atom. The number of carbonyl (C=O) groups excluding carboxylic acids is 1. The Hall–Kier alpha value is -1.55. The first-order valence-corrected chi connectivity index (χ1v) is 5.59. The maximum absolute atomic E-state index is 11.2. The zero-order valence-electron chi connectivity index (χ0n) is 10.5. The molecule has 17 heavy (non-hydrogen) atoms. The van der Waals surface area contributed by atoms with Gasteiger partial charge in [0.1, 0.15) is 5.75 Å². The lowest BCUT2D eigenvalue weighted by molar-refractivity contribution is -0.144. The molecular weight excluding hydrogens is 218 g/mol. The van der Waals surface area contributed by atoms with Crippen LogP contribution in [-0.4, -0.2) is 26.7 Å². The Morgan fingerprint density at radius 1 is 1.35 bits per heavy atom. The highest BCUT2D eigenvalue weighted by Gasteiger charge is 2.12. The summed E-state index contributed by atoms with van der Waals surface area (Å²) in [5, 5.41) is 3.21. The molecule has 0 radical (unpaired) electrons. The third-order valence-electron chi connectivity index (χ3n) is 2.56. The normalized spacial score (nSPS) is 11.9. The molecule has 0 heterocycles. The molecule has 0 spiro atoms. The van der Waals surface area contributed by atoms with E-state index in [1.807, 2.05) is 31.2 Å². The zero-order valence-corrected chi connectivity index (χ0v) is 10.5. The highest BCUT2D eigenvalue weighted by atomic mass is 16.5. The predicted octanol–water partition coefficient (Wildman–Crippen LogP) is 1.59. The number of carbonyl (C=O) groups is 1. The van der Waals surface area contributed by atoms with Gasteiger partial charge in [0.05, 0.1) is 20.1 Å². The molecule has 0 saturated carbocycles. The van der Waals surface area contributed by atoms with Gasteiger partial charge in [-0.2, -0.15) is 0 Å². The lowest BCUT2D eigenvalue weighted by Gasteiger charge is -2.12. The molecule has 0 bridgehead atoms. The summed E-state index contributed by atoms with van der Waals surface area (Å²) in [4.78, 5) is 11.2. The molecular formula is C13H19NO3. The van der Waals surface area contributed by atoms with Crippen LogP contribution in [0, 0.1) is 5.92 Å². The standard InChI is InChI=1S/C13H19NO3/c1-10(13(15)17-3)8-14-9-11-6-4-5-7-12(11)16-2/h4-7,10,14H,8-9H2,1-3H3/t10-/m0/s1. The molecule has 1 N–H and O–H groups in total. The summed E-state index contributed by atoms with van der Waals surface area (Å²) in [5.41, 5.74) is 1.08. The molecule has 0 aliphatic rings. The Kier molecular flexibility index (Phi) is 5.49. The third kappa shape index (κ3) is 4.07. The van der Waals surface area contributed by atoms with Gasteiger partial charge in [0, 0.05) is 18.7 Å². The van der Waals surface area contributed by atoms with Gasteiger partial charge in [-0.15, -0.1) is 0 Å². The second kappa shape index (κ2) is 6.91. The number of benzene rings is 1. The van der Waals surface area contributed by atoms with E-state index in [1.165, 1.54) is 7.11 Å². The van der Waals surface area contributed by atoms with Gasteiger partial charge >= 0.3 is 5.97 Å². The maximum atomic E-state index is 11.2. The van der Waals surface area contributed by atoms with E-state index in [9.17, 15) is 4.79 Å². The van der Waals surface area contributed by atoms with Crippen molar-refractivity contribution >= 4 is 5.97 Å². The molecule has 1 atom stereocenters. The van der Waals surface area contributed by atoms with Crippen LogP contribution in [0.25, 0.3) is 0 Å². The Morgan fingerprint density at radius 2 is 2.06 bits per heavy atom. The van der Waals surface area contributed by atoms with Crippen LogP contribution in [0.1, 0.15) is 12.5 Å². The second-order valence-electron chi connectivity index (χ2n) is 3.87. The minimum atomic E-state index is -0.197. The van der Waals surface area contributed by atoms with E-state index >= 15 is 0 Å². The highest BCUT2D eigenvalue weighted by molar-refractivity contribution is 5.72. The minimum absolute atomic E-state index is 0.144. The zero-order chi connectivity index (χ0) is 12.7. The van der Waals surface area contributed by atoms with E-state index in [-0.39, 0.29) is 11.9 Å². The van der Waals surface area contributed by atoms with Crippen LogP contribution < -0.4 is 10.1 Å². The molecule has 0 aliphatic heterocycles. The van der Waals surface area contributed by atoms with Gasteiger partial charge in [0.15, 0.2) is 0 Å². The summed E-state index contributed by atoms with van der Waals surface area (Å²) in [7, 11) is 3.05. The summed E-state index contributed by atoms with van der Waals surface area (Å²) >= 11 is 0. The first-order chi connectivity index (χ1) is 8.19. The van der Waals surface area contributed by atoms with Gasteiger partial charge in [-0.1, -0.05) is 25.1 Å². The lowest BCUT2D eigenvalue weighted by Crippen LogP contribution is -2.27. The summed E-state index contributed by atoms with van der Waals surface area (Å²) < 4.78 is 9.90. The first-order valence-electron chi connectivity index (χ1n) is 5.59. The number of para-hydroxylation sites is 1. The number of hydrogen-bond donors (Lipinski definition) is 1. The van der Waals surface area contributed by atoms with Crippen molar-refractivity contribution in [2.24, 2.45) is 5.92 Å². The van der Waals surface area contributed by atoms with Crippen molar-refractivity contribution in [3.05, 3.63) is 29.8 Å². The highest BCUT2D eigenvalue weighted by Crippen LogP contribution is 2.16. The molecule has 0 fully saturated rings. The first kappa shape index (κ1) is 13.5. The van der Waals surface area contributed by atoms with Crippen molar-refractivity contribution in [3.8, 4) is 5.75 Å². The summed E-state index contributed by atoms with van der Waals surface area (Å²) in [5.74, 6) is 0.512. The van der Waals surface area contributed by atoms with Crippen LogP contribution in [0.4, 0.5) is 0 Å². The molecule has 4 heteroatoms. The fourth-order valence-corrected chi connectivity index (χ4v) is 1.56. The summed E-state index contributed by atoms with van der Waals surface area (Å²) in [6.45, 7) is 3.09. The van der Waals surface area contributed by atoms with Crippen molar-refractivity contribution in [1.29, 1.82) is 0 Å². The number of ether oxygens (including phenoxy) is 2. The van der Waals surface area contributed by atoms with Crippen molar-refractivity contribution in [2.45, 2.75) is 13.5 Å². The maximum Gasteiger partial charge on any atom is 0.309 e. The quantitative estimate of drug-likeness (QED) is 0.763. The fraction of sp³-hybridized carbons (Fsp3) is 0.462. The monoisotopic (exact) mass is 237 g/mol. The lowest BCUT2D eigenvalue weighted by atomic mass is 10.1. The van der Waals surface area contributed by atoms with Crippen molar-refractivity contribution in [1.82, 2.24) is 5.32 Å². The van der Waals surface area contributed by atoms with Crippen LogP contribution in [-0.2, 0) is 16.1 Å². The van der Waals surface area contributed by atoms with E-state index in [4.69, 9.17) is 4.74 Å². The fourth-order valence-electron chi connectivity index (χ4n) is 1.56. The van der Waals surface area contributed by atoms with Gasteiger partial charge in [-0.05, 0) is 6.07 Å². The van der Waals surface area contributed by atoms with Gasteiger partial charge in [0.2, 0.25) is 0 Å².